The standard InChI is InChI=1S/C22H18Cl2N6OS2/c1-22(2)8-15-18(16(31)9-22)17(11-3-4-13(23)14(24)7-11)12(10-26)19(27)30(15)20-28-29-21(33-20)32-6-5-25/h3-4,7,17H,6,8-9,27H2,1-2H3. The van der Waals surface area contributed by atoms with Crippen LogP contribution in [0.15, 0.2) is 45.2 Å². The van der Waals surface area contributed by atoms with Crippen LogP contribution in [0.3, 0.4) is 0 Å². The molecule has 1 atom stereocenters. The topological polar surface area (TPSA) is 120 Å². The Balaban J connectivity index is 1.93. The maximum atomic E-state index is 13.5. The number of hydrogen-bond donors (Lipinski definition) is 1. The first kappa shape index (κ1) is 23.6. The summed E-state index contributed by atoms with van der Waals surface area (Å²) >= 11 is 14.9. The Bertz CT molecular complexity index is 1300. The summed E-state index contributed by atoms with van der Waals surface area (Å²) in [5.41, 5.74) is 8.40. The van der Waals surface area contributed by atoms with E-state index in [0.717, 1.165) is 0 Å². The third-order valence-electron chi connectivity index (χ3n) is 5.51. The van der Waals surface area contributed by atoms with Crippen molar-refractivity contribution in [3.05, 3.63) is 56.5 Å². The Morgan fingerprint density at radius 2 is 2.03 bits per heavy atom. The van der Waals surface area contributed by atoms with Gasteiger partial charge in [-0.1, -0.05) is 66.2 Å². The third kappa shape index (κ3) is 4.34. The second-order valence-corrected chi connectivity index (χ2v) is 11.4. The fourth-order valence-corrected chi connectivity index (χ4v) is 6.05. The summed E-state index contributed by atoms with van der Waals surface area (Å²) in [4.78, 5) is 15.2. The summed E-state index contributed by atoms with van der Waals surface area (Å²) in [6, 6.07) is 9.36. The number of thioether (sulfide) groups is 1. The second-order valence-electron chi connectivity index (χ2n) is 8.45. The van der Waals surface area contributed by atoms with Crippen molar-refractivity contribution in [2.75, 3.05) is 10.7 Å². The van der Waals surface area contributed by atoms with Crippen LogP contribution in [0.4, 0.5) is 5.13 Å². The zero-order chi connectivity index (χ0) is 23.9. The number of anilines is 1. The van der Waals surface area contributed by atoms with E-state index >= 15 is 0 Å². The highest BCUT2D eigenvalue weighted by Crippen LogP contribution is 2.51. The molecule has 0 fully saturated rings. The van der Waals surface area contributed by atoms with Crippen LogP contribution in [-0.2, 0) is 4.79 Å². The van der Waals surface area contributed by atoms with Gasteiger partial charge in [-0.3, -0.25) is 9.69 Å². The summed E-state index contributed by atoms with van der Waals surface area (Å²) in [5.74, 6) is -0.264. The van der Waals surface area contributed by atoms with Gasteiger partial charge in [0.05, 0.1) is 39.4 Å². The molecule has 11 heteroatoms. The zero-order valence-corrected chi connectivity index (χ0v) is 20.9. The van der Waals surface area contributed by atoms with Gasteiger partial charge in [-0.15, -0.1) is 10.2 Å². The van der Waals surface area contributed by atoms with Gasteiger partial charge in [-0.25, -0.2) is 0 Å². The van der Waals surface area contributed by atoms with Crippen molar-refractivity contribution in [2.24, 2.45) is 11.1 Å². The van der Waals surface area contributed by atoms with E-state index in [1.54, 1.807) is 23.1 Å². The average Bonchev–Trinajstić information content (AvgIpc) is 3.21. The number of allylic oxidation sites excluding steroid dienone is 3. The molecule has 0 saturated carbocycles. The molecule has 0 spiro atoms. The summed E-state index contributed by atoms with van der Waals surface area (Å²) in [6.45, 7) is 4.05. The van der Waals surface area contributed by atoms with Gasteiger partial charge < -0.3 is 5.73 Å². The minimum absolute atomic E-state index is 0.0498. The minimum Gasteiger partial charge on any atom is -0.384 e. The Kier molecular flexibility index (Phi) is 6.43. The molecule has 2 heterocycles. The monoisotopic (exact) mass is 516 g/mol. The maximum Gasteiger partial charge on any atom is 0.219 e. The van der Waals surface area contributed by atoms with Crippen LogP contribution in [0.5, 0.6) is 0 Å². The molecule has 1 aromatic carbocycles. The highest BCUT2D eigenvalue weighted by atomic mass is 35.5. The predicted molar refractivity (Wildman–Crippen MR) is 130 cm³/mol. The number of ketones is 1. The lowest BCUT2D eigenvalue weighted by molar-refractivity contribution is -0.118. The Morgan fingerprint density at radius 3 is 2.70 bits per heavy atom. The van der Waals surface area contributed by atoms with Crippen molar-refractivity contribution in [1.29, 1.82) is 10.5 Å². The van der Waals surface area contributed by atoms with E-state index in [1.165, 1.54) is 23.1 Å². The number of aromatic nitrogens is 2. The molecule has 0 amide bonds. The number of carbonyl (C=O) groups excluding carboxylic acids is 1. The summed E-state index contributed by atoms with van der Waals surface area (Å²) < 4.78 is 0.605. The van der Waals surface area contributed by atoms with Crippen molar-refractivity contribution >= 4 is 57.2 Å². The first-order chi connectivity index (χ1) is 15.7. The molecule has 1 aromatic heterocycles. The molecule has 0 bridgehead atoms. The maximum absolute atomic E-state index is 13.5. The lowest BCUT2D eigenvalue weighted by Crippen LogP contribution is -2.42. The van der Waals surface area contributed by atoms with Crippen LogP contribution in [-0.4, -0.2) is 21.7 Å². The van der Waals surface area contributed by atoms with Crippen molar-refractivity contribution in [3.8, 4) is 12.1 Å². The van der Waals surface area contributed by atoms with Gasteiger partial charge in [0.2, 0.25) is 5.13 Å². The molecule has 1 unspecified atom stereocenters. The Hall–Kier alpha value is -2.56. The average molecular weight is 517 g/mol. The molecule has 1 aliphatic carbocycles. The number of halogens is 2. The summed E-state index contributed by atoms with van der Waals surface area (Å²) in [6.07, 6.45) is 0.904. The van der Waals surface area contributed by atoms with Crippen molar-refractivity contribution < 1.29 is 4.79 Å². The van der Waals surface area contributed by atoms with Crippen molar-refractivity contribution in [1.82, 2.24) is 10.2 Å². The molecule has 4 rings (SSSR count). The first-order valence-electron chi connectivity index (χ1n) is 9.91. The summed E-state index contributed by atoms with van der Waals surface area (Å²) in [5, 5.41) is 28.5. The van der Waals surface area contributed by atoms with Crippen LogP contribution in [0.2, 0.25) is 10.0 Å². The highest BCUT2D eigenvalue weighted by molar-refractivity contribution is 8.01. The van der Waals surface area contributed by atoms with Gasteiger partial charge in [0.1, 0.15) is 5.82 Å². The number of benzene rings is 1. The van der Waals surface area contributed by atoms with Crippen molar-refractivity contribution in [3.63, 3.8) is 0 Å². The zero-order valence-electron chi connectivity index (χ0n) is 17.7. The Labute approximate surface area is 209 Å². The molecule has 2 aliphatic rings. The molecule has 2 N–H and O–H groups in total. The number of hydrogen-bond acceptors (Lipinski definition) is 9. The van der Waals surface area contributed by atoms with Crippen LogP contribution in [0, 0.1) is 28.1 Å². The number of nitrogens with two attached hydrogens (primary N) is 1. The van der Waals surface area contributed by atoms with Gasteiger partial charge in [0.15, 0.2) is 10.1 Å². The van der Waals surface area contributed by atoms with Gasteiger partial charge in [-0.05, 0) is 29.5 Å². The summed E-state index contributed by atoms with van der Waals surface area (Å²) in [7, 11) is 0. The largest absolute Gasteiger partial charge is 0.384 e. The van der Waals surface area contributed by atoms with Crippen LogP contribution in [0.25, 0.3) is 0 Å². The van der Waals surface area contributed by atoms with Gasteiger partial charge in [0.25, 0.3) is 0 Å². The molecule has 7 nitrogen and oxygen atoms in total. The van der Waals surface area contributed by atoms with Gasteiger partial charge in [0, 0.05) is 17.7 Å². The fraction of sp³-hybridized carbons (Fsp3) is 0.318. The molecule has 33 heavy (non-hydrogen) atoms. The first-order valence-corrected chi connectivity index (χ1v) is 12.5. The predicted octanol–water partition coefficient (Wildman–Crippen LogP) is 5.40. The lowest BCUT2D eigenvalue weighted by Gasteiger charge is -2.42. The quantitative estimate of drug-likeness (QED) is 0.536. The number of carbonyl (C=O) groups is 1. The Morgan fingerprint density at radius 1 is 1.27 bits per heavy atom. The highest BCUT2D eigenvalue weighted by Gasteiger charge is 2.45. The molecule has 0 saturated heterocycles. The van der Waals surface area contributed by atoms with E-state index in [4.69, 9.17) is 34.2 Å². The van der Waals surface area contributed by atoms with Gasteiger partial charge in [-0.2, -0.15) is 10.5 Å². The SMILES string of the molecule is CC1(C)CC(=O)C2=C(C1)N(c1nnc(SCC#N)s1)C(N)=C(C#N)C2c1ccc(Cl)c(Cl)c1. The number of nitrogens with zero attached hydrogens (tertiary/aromatic N) is 5. The van der Waals surface area contributed by atoms with Crippen LogP contribution < -0.4 is 10.6 Å². The molecular formula is C22H18Cl2N6OS2. The second kappa shape index (κ2) is 9.00. The van der Waals surface area contributed by atoms with Gasteiger partial charge >= 0.3 is 0 Å². The normalized spacial score (nSPS) is 19.9. The third-order valence-corrected chi connectivity index (χ3v) is 8.15. The van der Waals surface area contributed by atoms with Crippen LogP contribution >= 0.6 is 46.3 Å². The van der Waals surface area contributed by atoms with E-state index in [9.17, 15) is 10.1 Å². The molecule has 1 aliphatic heterocycles. The number of nitriles is 2. The van der Waals surface area contributed by atoms with E-state index in [-0.39, 0.29) is 28.3 Å². The van der Waals surface area contributed by atoms with E-state index in [2.05, 4.69) is 22.3 Å². The fourth-order valence-electron chi connectivity index (χ4n) is 4.20. The lowest BCUT2D eigenvalue weighted by atomic mass is 9.69. The molecule has 0 radical (unpaired) electrons. The van der Waals surface area contributed by atoms with E-state index < -0.39 is 5.92 Å². The minimum atomic E-state index is -0.653. The number of Topliss-reactive ketones (excluding diaryl/α,β-unsaturated/α-hetero) is 1. The molecule has 168 valence electrons. The molecule has 2 aromatic rings. The van der Waals surface area contributed by atoms with E-state index in [0.29, 0.717) is 49.2 Å². The number of rotatable bonds is 4. The molecular weight excluding hydrogens is 499 g/mol. The smallest absolute Gasteiger partial charge is 0.219 e. The van der Waals surface area contributed by atoms with Crippen LogP contribution in [0.1, 0.15) is 38.2 Å². The van der Waals surface area contributed by atoms with Crippen molar-refractivity contribution in [2.45, 2.75) is 36.9 Å². The van der Waals surface area contributed by atoms with E-state index in [1.807, 2.05) is 13.8 Å².